The number of hydrogen-bond donors (Lipinski definition) is 2. The van der Waals surface area contributed by atoms with Crippen LogP contribution in [0.3, 0.4) is 0 Å². The molecular weight excluding hydrogens is 302 g/mol. The molecule has 0 spiro atoms. The highest BCUT2D eigenvalue weighted by molar-refractivity contribution is 5.81. The maximum atomic E-state index is 11.8. The lowest BCUT2D eigenvalue weighted by atomic mass is 9.85. The van der Waals surface area contributed by atoms with E-state index in [1.807, 2.05) is 0 Å². The summed E-state index contributed by atoms with van der Waals surface area (Å²) in [5, 5.41) is 13.0. The molecule has 3 aliphatic rings. The minimum Gasteiger partial charge on any atom is -0.392 e. The summed E-state index contributed by atoms with van der Waals surface area (Å²) in [6.07, 6.45) is 5.17. The van der Waals surface area contributed by atoms with E-state index in [1.165, 1.54) is 0 Å². The Hall–Kier alpha value is -0.650. The zero-order chi connectivity index (χ0) is 17.5. The second-order valence-electron chi connectivity index (χ2n) is 9.40. The Morgan fingerprint density at radius 1 is 1.00 bits per heavy atom. The van der Waals surface area contributed by atoms with Crippen LogP contribution >= 0.6 is 0 Å². The van der Waals surface area contributed by atoms with Crippen molar-refractivity contribution in [3.63, 3.8) is 0 Å². The Morgan fingerprint density at radius 3 is 2.08 bits per heavy atom. The van der Waals surface area contributed by atoms with Gasteiger partial charge in [0.1, 0.15) is 0 Å². The average Bonchev–Trinajstić information content (AvgIpc) is 3.21. The fourth-order valence-corrected chi connectivity index (χ4v) is 3.95. The van der Waals surface area contributed by atoms with E-state index in [0.29, 0.717) is 12.0 Å². The van der Waals surface area contributed by atoms with Crippen molar-refractivity contribution in [3.05, 3.63) is 0 Å². The topological polar surface area (TPSA) is 55.8 Å². The van der Waals surface area contributed by atoms with Gasteiger partial charge in [0, 0.05) is 43.2 Å². The van der Waals surface area contributed by atoms with Crippen LogP contribution in [-0.2, 0) is 4.79 Å². The normalized spacial score (nSPS) is 27.3. The summed E-state index contributed by atoms with van der Waals surface area (Å²) >= 11 is 0. The molecule has 0 aromatic heterocycles. The first-order valence-corrected chi connectivity index (χ1v) is 9.66. The monoisotopic (exact) mass is 337 g/mol. The fraction of sp³-hybridized carbons (Fsp3) is 0.947. The van der Waals surface area contributed by atoms with Crippen molar-refractivity contribution in [2.75, 3.05) is 26.2 Å². The summed E-state index contributed by atoms with van der Waals surface area (Å²) in [4.78, 5) is 16.8. The van der Waals surface area contributed by atoms with E-state index in [0.717, 1.165) is 58.3 Å². The number of aliphatic hydroxyl groups is 1. The molecule has 24 heavy (non-hydrogen) atoms. The molecule has 0 aromatic rings. The van der Waals surface area contributed by atoms with Crippen LogP contribution in [0.25, 0.3) is 0 Å². The number of nitrogens with zero attached hydrogens (tertiary/aromatic N) is 2. The molecule has 2 N–H and O–H groups in total. The molecule has 5 heteroatoms. The Bertz CT molecular complexity index is 467. The van der Waals surface area contributed by atoms with Gasteiger partial charge in [0.15, 0.2) is 0 Å². The number of amides is 1. The lowest BCUT2D eigenvalue weighted by molar-refractivity contribution is -0.125. The largest absolute Gasteiger partial charge is 0.392 e. The molecule has 1 saturated carbocycles. The second-order valence-corrected chi connectivity index (χ2v) is 9.40. The van der Waals surface area contributed by atoms with Gasteiger partial charge in [0.2, 0.25) is 5.91 Å². The van der Waals surface area contributed by atoms with E-state index in [-0.39, 0.29) is 23.1 Å². The first-order chi connectivity index (χ1) is 11.2. The number of likely N-dealkylation sites (tertiary alicyclic amines) is 2. The summed E-state index contributed by atoms with van der Waals surface area (Å²) in [5.74, 6) is 0.579. The molecule has 1 amide bonds. The van der Waals surface area contributed by atoms with Crippen LogP contribution < -0.4 is 5.32 Å². The van der Waals surface area contributed by atoms with Gasteiger partial charge in [-0.3, -0.25) is 14.6 Å². The number of carbonyl (C=O) groups excluding carboxylic acids is 1. The van der Waals surface area contributed by atoms with Gasteiger partial charge in [-0.1, -0.05) is 0 Å². The maximum absolute atomic E-state index is 11.8. The molecular formula is C19H35N3O2. The van der Waals surface area contributed by atoms with Crippen molar-refractivity contribution in [2.45, 2.75) is 83.0 Å². The van der Waals surface area contributed by atoms with Gasteiger partial charge in [-0.25, -0.2) is 0 Å². The molecule has 0 aromatic carbocycles. The minimum absolute atomic E-state index is 0.138. The standard InChI is InChI=1S/C19H35N3O2/c1-18(2,21-10-7-16(23)13-21)8-9-19(3,4)22-11-15(12-22)20-17(24)14-5-6-14/h14-16,23H,5-13H2,1-4H3,(H,20,24)/t16-/m0/s1. The zero-order valence-electron chi connectivity index (χ0n) is 15.8. The van der Waals surface area contributed by atoms with Crippen LogP contribution in [0.5, 0.6) is 0 Å². The highest BCUT2D eigenvalue weighted by Gasteiger charge is 2.41. The van der Waals surface area contributed by atoms with Crippen LogP contribution in [0.2, 0.25) is 0 Å². The lowest BCUT2D eigenvalue weighted by Gasteiger charge is -2.50. The summed E-state index contributed by atoms with van der Waals surface area (Å²) < 4.78 is 0. The van der Waals surface area contributed by atoms with Gasteiger partial charge in [-0.15, -0.1) is 0 Å². The van der Waals surface area contributed by atoms with Crippen LogP contribution in [-0.4, -0.2) is 70.2 Å². The highest BCUT2D eigenvalue weighted by Crippen LogP contribution is 2.33. The zero-order valence-corrected chi connectivity index (χ0v) is 15.8. The van der Waals surface area contributed by atoms with Crippen molar-refractivity contribution in [2.24, 2.45) is 5.92 Å². The minimum atomic E-state index is -0.150. The summed E-state index contributed by atoms with van der Waals surface area (Å²) in [6.45, 7) is 13.0. The molecule has 138 valence electrons. The van der Waals surface area contributed by atoms with Crippen molar-refractivity contribution < 1.29 is 9.90 Å². The Labute approximate surface area is 146 Å². The number of carbonyl (C=O) groups is 1. The Kier molecular flexibility index (Phi) is 4.98. The van der Waals surface area contributed by atoms with E-state index >= 15 is 0 Å². The van der Waals surface area contributed by atoms with E-state index in [1.54, 1.807) is 0 Å². The van der Waals surface area contributed by atoms with Gasteiger partial charge in [0.05, 0.1) is 12.1 Å². The number of aliphatic hydroxyl groups excluding tert-OH is 1. The predicted octanol–water partition coefficient (Wildman–Crippen LogP) is 1.60. The Morgan fingerprint density at radius 2 is 1.58 bits per heavy atom. The van der Waals surface area contributed by atoms with Crippen molar-refractivity contribution in [3.8, 4) is 0 Å². The van der Waals surface area contributed by atoms with Gasteiger partial charge in [-0.05, 0) is 59.8 Å². The average molecular weight is 338 g/mol. The van der Waals surface area contributed by atoms with Crippen LogP contribution in [0.1, 0.15) is 59.8 Å². The SMILES string of the molecule is CC(C)(CCC(C)(C)N1CC[C@H](O)C1)N1CC(NC(=O)C2CC2)C1. The van der Waals surface area contributed by atoms with Crippen LogP contribution in [0.4, 0.5) is 0 Å². The third-order valence-electron chi connectivity index (χ3n) is 6.40. The highest BCUT2D eigenvalue weighted by atomic mass is 16.3. The molecule has 3 fully saturated rings. The van der Waals surface area contributed by atoms with Crippen molar-refractivity contribution in [1.29, 1.82) is 0 Å². The molecule has 2 saturated heterocycles. The first kappa shape index (κ1) is 18.2. The number of nitrogens with one attached hydrogen (secondary N) is 1. The summed E-state index contributed by atoms with van der Waals surface area (Å²) in [7, 11) is 0. The van der Waals surface area contributed by atoms with Gasteiger partial charge < -0.3 is 10.4 Å². The Balaban J connectivity index is 1.42. The molecule has 1 aliphatic carbocycles. The van der Waals surface area contributed by atoms with Crippen molar-refractivity contribution >= 4 is 5.91 Å². The molecule has 0 bridgehead atoms. The fourth-order valence-electron chi connectivity index (χ4n) is 3.95. The number of hydrogen-bond acceptors (Lipinski definition) is 4. The number of rotatable bonds is 7. The lowest BCUT2D eigenvalue weighted by Crippen LogP contribution is -2.65. The van der Waals surface area contributed by atoms with E-state index < -0.39 is 0 Å². The third kappa shape index (κ3) is 4.12. The van der Waals surface area contributed by atoms with Crippen molar-refractivity contribution in [1.82, 2.24) is 15.1 Å². The molecule has 3 rings (SSSR count). The molecule has 0 radical (unpaired) electrons. The van der Waals surface area contributed by atoms with E-state index in [9.17, 15) is 9.90 Å². The second kappa shape index (κ2) is 6.58. The van der Waals surface area contributed by atoms with Gasteiger partial charge in [-0.2, -0.15) is 0 Å². The quantitative estimate of drug-likeness (QED) is 0.741. The van der Waals surface area contributed by atoms with Crippen LogP contribution in [0.15, 0.2) is 0 Å². The summed E-state index contributed by atoms with van der Waals surface area (Å²) in [5.41, 5.74) is 0.301. The summed E-state index contributed by atoms with van der Waals surface area (Å²) in [6, 6.07) is 0.346. The molecule has 1 atom stereocenters. The molecule has 2 aliphatic heterocycles. The first-order valence-electron chi connectivity index (χ1n) is 9.66. The van der Waals surface area contributed by atoms with E-state index in [2.05, 4.69) is 42.8 Å². The maximum Gasteiger partial charge on any atom is 0.223 e. The van der Waals surface area contributed by atoms with Crippen LogP contribution in [0, 0.1) is 5.92 Å². The smallest absolute Gasteiger partial charge is 0.223 e. The van der Waals surface area contributed by atoms with E-state index in [4.69, 9.17) is 0 Å². The third-order valence-corrected chi connectivity index (χ3v) is 6.40. The van der Waals surface area contributed by atoms with Gasteiger partial charge in [0.25, 0.3) is 0 Å². The molecule has 5 nitrogen and oxygen atoms in total. The molecule has 0 unspecified atom stereocenters. The predicted molar refractivity (Wildman–Crippen MR) is 95.8 cm³/mol. The van der Waals surface area contributed by atoms with Gasteiger partial charge >= 0.3 is 0 Å². The molecule has 2 heterocycles. The number of β-amino-alcohol motifs (C(OH)–C–C–N with tert-alkyl or cyclic N) is 1.